The first-order chi connectivity index (χ1) is 8.87. The van der Waals surface area contributed by atoms with E-state index in [1.54, 1.807) is 0 Å². The fourth-order valence-electron chi connectivity index (χ4n) is 2.06. The van der Waals surface area contributed by atoms with E-state index < -0.39 is 0 Å². The Labute approximate surface area is 115 Å². The van der Waals surface area contributed by atoms with E-state index >= 15 is 0 Å². The molecule has 0 aromatic heterocycles. The summed E-state index contributed by atoms with van der Waals surface area (Å²) in [6, 6.07) is 8.05. The number of hydrogen-bond acceptors (Lipinski definition) is 3. The summed E-state index contributed by atoms with van der Waals surface area (Å²) in [4.78, 5) is 0. The molecule has 1 heterocycles. The number of ether oxygens (including phenoxy) is 1. The molecule has 0 radical (unpaired) electrons. The van der Waals surface area contributed by atoms with E-state index in [1.807, 2.05) is 24.3 Å². The highest BCUT2D eigenvalue weighted by Crippen LogP contribution is 2.36. The Morgan fingerprint density at radius 3 is 2.00 bits per heavy atom. The van der Waals surface area contributed by atoms with E-state index in [0.29, 0.717) is 6.10 Å². The zero-order valence-electron chi connectivity index (χ0n) is 12.1. The fraction of sp³-hybridized carbons (Fsp3) is 0.600. The van der Waals surface area contributed by atoms with Crippen LogP contribution in [0.2, 0.25) is 0 Å². The fourth-order valence-corrected chi connectivity index (χ4v) is 2.06. The molecule has 3 rings (SSSR count). The standard InChI is InChI=1S/C15H21BO3/c1-14(2)15(3,4)19-16(18-14)11-5-7-12(8-6-11)17-13-9-10-13/h5-8,13H,9-10H2,1-4H3. The predicted octanol–water partition coefficient (Wildman–Crippen LogP) is 2.53. The second-order valence-electron chi connectivity index (χ2n) is 6.47. The van der Waals surface area contributed by atoms with Gasteiger partial charge in [-0.2, -0.15) is 0 Å². The van der Waals surface area contributed by atoms with Crippen LogP contribution in [0.4, 0.5) is 0 Å². The van der Waals surface area contributed by atoms with Crippen LogP contribution in [0, 0.1) is 0 Å². The van der Waals surface area contributed by atoms with Gasteiger partial charge in [0.1, 0.15) is 5.75 Å². The molecule has 0 amide bonds. The van der Waals surface area contributed by atoms with Crippen molar-refractivity contribution in [1.82, 2.24) is 0 Å². The lowest BCUT2D eigenvalue weighted by Crippen LogP contribution is -2.41. The Balaban J connectivity index is 1.72. The van der Waals surface area contributed by atoms with Crippen LogP contribution < -0.4 is 10.2 Å². The highest BCUT2D eigenvalue weighted by molar-refractivity contribution is 6.62. The minimum Gasteiger partial charge on any atom is -0.490 e. The van der Waals surface area contributed by atoms with Gasteiger partial charge in [-0.1, -0.05) is 12.1 Å². The molecule has 2 fully saturated rings. The molecule has 1 aliphatic carbocycles. The van der Waals surface area contributed by atoms with Crippen LogP contribution in [-0.2, 0) is 9.31 Å². The van der Waals surface area contributed by atoms with Gasteiger partial charge in [0, 0.05) is 0 Å². The SMILES string of the molecule is CC1(C)OB(c2ccc(OC3CC3)cc2)OC1(C)C. The lowest BCUT2D eigenvalue weighted by atomic mass is 9.79. The molecular formula is C15H21BO3. The molecule has 4 heteroatoms. The van der Waals surface area contributed by atoms with Crippen molar-refractivity contribution in [2.45, 2.75) is 57.8 Å². The molecule has 1 aliphatic heterocycles. The highest BCUT2D eigenvalue weighted by Gasteiger charge is 2.51. The van der Waals surface area contributed by atoms with Crippen LogP contribution in [0.25, 0.3) is 0 Å². The third-order valence-electron chi connectivity index (χ3n) is 4.23. The van der Waals surface area contributed by atoms with Gasteiger partial charge in [-0.3, -0.25) is 0 Å². The van der Waals surface area contributed by atoms with Gasteiger partial charge in [-0.25, -0.2) is 0 Å². The molecule has 19 heavy (non-hydrogen) atoms. The Hall–Kier alpha value is -0.995. The smallest absolute Gasteiger partial charge is 0.490 e. The molecule has 1 saturated heterocycles. The monoisotopic (exact) mass is 260 g/mol. The van der Waals surface area contributed by atoms with Gasteiger partial charge in [-0.15, -0.1) is 0 Å². The van der Waals surface area contributed by atoms with E-state index in [2.05, 4.69) is 27.7 Å². The van der Waals surface area contributed by atoms with E-state index in [0.717, 1.165) is 11.2 Å². The van der Waals surface area contributed by atoms with Crippen LogP contribution in [0.15, 0.2) is 24.3 Å². The molecule has 1 aromatic rings. The lowest BCUT2D eigenvalue weighted by molar-refractivity contribution is 0.00578. The van der Waals surface area contributed by atoms with Crippen molar-refractivity contribution in [3.63, 3.8) is 0 Å². The lowest BCUT2D eigenvalue weighted by Gasteiger charge is -2.32. The molecule has 1 saturated carbocycles. The van der Waals surface area contributed by atoms with Crippen molar-refractivity contribution >= 4 is 12.6 Å². The first kappa shape index (κ1) is 13.0. The van der Waals surface area contributed by atoms with E-state index in [-0.39, 0.29) is 18.3 Å². The third-order valence-corrected chi connectivity index (χ3v) is 4.23. The quantitative estimate of drug-likeness (QED) is 0.781. The normalized spacial score (nSPS) is 24.5. The van der Waals surface area contributed by atoms with Crippen LogP contribution >= 0.6 is 0 Å². The summed E-state index contributed by atoms with van der Waals surface area (Å²) in [5, 5.41) is 0. The minimum atomic E-state index is -0.292. The van der Waals surface area contributed by atoms with Gasteiger partial charge in [-0.05, 0) is 58.1 Å². The van der Waals surface area contributed by atoms with E-state index in [4.69, 9.17) is 14.0 Å². The van der Waals surface area contributed by atoms with Crippen molar-refractivity contribution in [2.24, 2.45) is 0 Å². The number of benzene rings is 1. The highest BCUT2D eigenvalue weighted by atomic mass is 16.7. The second kappa shape index (κ2) is 4.25. The maximum Gasteiger partial charge on any atom is 0.494 e. The van der Waals surface area contributed by atoms with Gasteiger partial charge < -0.3 is 14.0 Å². The Morgan fingerprint density at radius 2 is 1.53 bits per heavy atom. The van der Waals surface area contributed by atoms with Crippen molar-refractivity contribution in [2.75, 3.05) is 0 Å². The summed E-state index contributed by atoms with van der Waals surface area (Å²) in [6.07, 6.45) is 2.79. The summed E-state index contributed by atoms with van der Waals surface area (Å²) in [5.74, 6) is 0.933. The molecule has 0 atom stereocenters. The Kier molecular flexibility index (Phi) is 2.91. The summed E-state index contributed by atoms with van der Waals surface area (Å²) < 4.78 is 17.8. The van der Waals surface area contributed by atoms with Gasteiger partial charge in [0.15, 0.2) is 0 Å². The summed E-state index contributed by atoms with van der Waals surface area (Å²) >= 11 is 0. The molecule has 2 aliphatic rings. The molecule has 0 bridgehead atoms. The largest absolute Gasteiger partial charge is 0.494 e. The van der Waals surface area contributed by atoms with Gasteiger partial charge in [0.05, 0.1) is 17.3 Å². The van der Waals surface area contributed by atoms with Gasteiger partial charge in [0.2, 0.25) is 0 Å². The van der Waals surface area contributed by atoms with Crippen molar-refractivity contribution in [3.8, 4) is 5.75 Å². The van der Waals surface area contributed by atoms with Crippen LogP contribution in [0.3, 0.4) is 0 Å². The van der Waals surface area contributed by atoms with Crippen LogP contribution in [-0.4, -0.2) is 24.4 Å². The average molecular weight is 260 g/mol. The second-order valence-corrected chi connectivity index (χ2v) is 6.47. The van der Waals surface area contributed by atoms with Crippen molar-refractivity contribution < 1.29 is 14.0 Å². The Morgan fingerprint density at radius 1 is 1.00 bits per heavy atom. The van der Waals surface area contributed by atoms with E-state index in [1.165, 1.54) is 12.8 Å². The molecule has 1 aromatic carbocycles. The summed E-state index contributed by atoms with van der Waals surface area (Å²) in [5.41, 5.74) is 0.462. The zero-order valence-corrected chi connectivity index (χ0v) is 12.1. The third kappa shape index (κ3) is 2.52. The topological polar surface area (TPSA) is 27.7 Å². The predicted molar refractivity (Wildman–Crippen MR) is 75.8 cm³/mol. The van der Waals surface area contributed by atoms with E-state index in [9.17, 15) is 0 Å². The zero-order chi connectivity index (χ0) is 13.7. The first-order valence-electron chi connectivity index (χ1n) is 7.00. The minimum absolute atomic E-state index is 0.291. The van der Waals surface area contributed by atoms with Gasteiger partial charge >= 0.3 is 7.12 Å². The maximum absolute atomic E-state index is 6.02. The molecule has 102 valence electrons. The molecule has 0 spiro atoms. The molecule has 0 unspecified atom stereocenters. The maximum atomic E-state index is 6.02. The number of hydrogen-bond donors (Lipinski definition) is 0. The van der Waals surface area contributed by atoms with Crippen molar-refractivity contribution in [1.29, 1.82) is 0 Å². The molecule has 0 N–H and O–H groups in total. The molecular weight excluding hydrogens is 239 g/mol. The number of rotatable bonds is 3. The van der Waals surface area contributed by atoms with Crippen LogP contribution in [0.5, 0.6) is 5.75 Å². The molecule has 3 nitrogen and oxygen atoms in total. The summed E-state index contributed by atoms with van der Waals surface area (Å²) in [6.45, 7) is 8.27. The first-order valence-corrected chi connectivity index (χ1v) is 7.00. The van der Waals surface area contributed by atoms with Crippen LogP contribution in [0.1, 0.15) is 40.5 Å². The Bertz CT molecular complexity index is 447. The van der Waals surface area contributed by atoms with Gasteiger partial charge in [0.25, 0.3) is 0 Å². The average Bonchev–Trinajstić information content (AvgIpc) is 3.08. The summed E-state index contributed by atoms with van der Waals surface area (Å²) in [7, 11) is -0.292. The van der Waals surface area contributed by atoms with Crippen molar-refractivity contribution in [3.05, 3.63) is 24.3 Å².